The molecular weight excluding hydrogens is 446 g/mol. The van der Waals surface area contributed by atoms with Gasteiger partial charge in [-0.1, -0.05) is 12.1 Å². The van der Waals surface area contributed by atoms with E-state index < -0.39 is 28.8 Å². The molecule has 3 aromatic rings. The van der Waals surface area contributed by atoms with Gasteiger partial charge in [0, 0.05) is 23.0 Å². The van der Waals surface area contributed by atoms with Gasteiger partial charge in [0.1, 0.15) is 16.9 Å². The molecule has 1 aliphatic carbocycles. The van der Waals surface area contributed by atoms with Crippen LogP contribution in [0.3, 0.4) is 0 Å². The van der Waals surface area contributed by atoms with Gasteiger partial charge in [0.15, 0.2) is 0 Å². The summed E-state index contributed by atoms with van der Waals surface area (Å²) >= 11 is -0.265. The predicted octanol–water partition coefficient (Wildman–Crippen LogP) is 5.49. The topological polar surface area (TPSA) is 53.5 Å². The first-order valence-corrected chi connectivity index (χ1v) is 10.6. The van der Waals surface area contributed by atoms with Crippen LogP contribution < -0.4 is 4.90 Å². The van der Waals surface area contributed by atoms with Crippen molar-refractivity contribution in [3.8, 4) is 0 Å². The van der Waals surface area contributed by atoms with Crippen molar-refractivity contribution in [2.24, 2.45) is 0 Å². The van der Waals surface area contributed by atoms with Crippen molar-refractivity contribution in [1.82, 2.24) is 9.88 Å². The fraction of sp³-hybridized carbons (Fsp3) is 0.227. The van der Waals surface area contributed by atoms with Crippen LogP contribution >= 0.6 is 11.8 Å². The molecule has 5 rings (SSSR count). The summed E-state index contributed by atoms with van der Waals surface area (Å²) in [5, 5.41) is 0.551. The van der Waals surface area contributed by atoms with Gasteiger partial charge in [0.25, 0.3) is 5.91 Å². The Kier molecular flexibility index (Phi) is 4.66. The maximum Gasteiger partial charge on any atom is 0.446 e. The average Bonchev–Trinajstić information content (AvgIpc) is 3.51. The molecule has 0 atom stereocenters. The summed E-state index contributed by atoms with van der Waals surface area (Å²) in [4.78, 5) is 32.9. The number of thioether (sulfide) groups is 1. The molecule has 2 aromatic carbocycles. The van der Waals surface area contributed by atoms with E-state index in [1.807, 2.05) is 0 Å². The molecule has 1 saturated heterocycles. The number of fused-ring (bicyclic) bond motifs is 1. The molecule has 2 heterocycles. The van der Waals surface area contributed by atoms with Gasteiger partial charge in [-0.25, -0.2) is 14.1 Å². The number of anilines is 1. The number of para-hydroxylation sites is 1. The predicted molar refractivity (Wildman–Crippen MR) is 110 cm³/mol. The third kappa shape index (κ3) is 3.38. The summed E-state index contributed by atoms with van der Waals surface area (Å²) in [6.45, 7) is 0.0888. The molecule has 1 spiro atoms. The number of aromatic nitrogens is 1. The zero-order valence-corrected chi connectivity index (χ0v) is 17.2. The maximum atomic E-state index is 14.1. The number of pyridine rings is 1. The van der Waals surface area contributed by atoms with Crippen molar-refractivity contribution in [3.63, 3.8) is 0 Å². The Balaban J connectivity index is 1.46. The van der Waals surface area contributed by atoms with Crippen molar-refractivity contribution in [3.05, 3.63) is 66.1 Å². The first kappa shape index (κ1) is 20.7. The zero-order chi connectivity index (χ0) is 22.7. The molecule has 32 heavy (non-hydrogen) atoms. The molecule has 3 amide bonds. The number of urea groups is 1. The van der Waals surface area contributed by atoms with E-state index in [-0.39, 0.29) is 34.4 Å². The second-order valence-corrected chi connectivity index (χ2v) is 8.83. The van der Waals surface area contributed by atoms with E-state index in [1.54, 1.807) is 18.2 Å². The molecule has 5 nitrogen and oxygen atoms in total. The number of halogens is 4. The lowest BCUT2D eigenvalue weighted by atomic mass is 10.1. The van der Waals surface area contributed by atoms with Crippen LogP contribution in [0.5, 0.6) is 0 Å². The SMILES string of the molecule is O=C1N(c2ccc(SC(F)(F)F)cc2)C(=O)C2(CC2)N1Cc1ccnc2c(F)cccc12. The molecule has 0 unspecified atom stereocenters. The molecule has 164 valence electrons. The third-order valence-electron chi connectivity index (χ3n) is 5.73. The van der Waals surface area contributed by atoms with Gasteiger partial charge in [-0.05, 0) is 66.6 Å². The molecule has 0 radical (unpaired) electrons. The molecule has 2 fully saturated rings. The van der Waals surface area contributed by atoms with Gasteiger partial charge in [0.05, 0.1) is 5.69 Å². The number of nitrogens with zero attached hydrogens (tertiary/aromatic N) is 3. The minimum atomic E-state index is -4.43. The Hall–Kier alpha value is -3.14. The van der Waals surface area contributed by atoms with E-state index in [2.05, 4.69) is 4.98 Å². The van der Waals surface area contributed by atoms with E-state index in [9.17, 15) is 27.2 Å². The highest BCUT2D eigenvalue weighted by atomic mass is 32.2. The van der Waals surface area contributed by atoms with E-state index in [0.29, 0.717) is 23.8 Å². The van der Waals surface area contributed by atoms with Crippen LogP contribution in [-0.4, -0.2) is 32.9 Å². The van der Waals surface area contributed by atoms with Gasteiger partial charge >= 0.3 is 11.5 Å². The zero-order valence-electron chi connectivity index (χ0n) is 16.4. The van der Waals surface area contributed by atoms with Crippen molar-refractivity contribution < 1.29 is 27.2 Å². The Morgan fingerprint density at radius 1 is 1.03 bits per heavy atom. The van der Waals surface area contributed by atoms with Crippen molar-refractivity contribution in [2.45, 2.75) is 35.3 Å². The van der Waals surface area contributed by atoms with E-state index in [4.69, 9.17) is 0 Å². The van der Waals surface area contributed by atoms with Gasteiger partial charge in [-0.2, -0.15) is 13.2 Å². The molecule has 10 heteroatoms. The minimum absolute atomic E-state index is 0.0383. The number of benzene rings is 2. The van der Waals surface area contributed by atoms with Crippen LogP contribution in [0, 0.1) is 5.82 Å². The highest BCUT2D eigenvalue weighted by Crippen LogP contribution is 2.50. The lowest BCUT2D eigenvalue weighted by Crippen LogP contribution is -2.36. The van der Waals surface area contributed by atoms with Gasteiger partial charge in [-0.15, -0.1) is 0 Å². The number of carbonyl (C=O) groups excluding carboxylic acids is 2. The minimum Gasteiger partial charge on any atom is -0.305 e. The van der Waals surface area contributed by atoms with Gasteiger partial charge < -0.3 is 4.90 Å². The maximum absolute atomic E-state index is 14.1. The Labute approximate surface area is 184 Å². The number of carbonyl (C=O) groups is 2. The number of imide groups is 1. The second-order valence-electron chi connectivity index (χ2n) is 7.69. The number of amides is 3. The fourth-order valence-electron chi connectivity index (χ4n) is 4.07. The lowest BCUT2D eigenvalue weighted by molar-refractivity contribution is -0.120. The van der Waals surface area contributed by atoms with Crippen LogP contribution in [-0.2, 0) is 11.3 Å². The van der Waals surface area contributed by atoms with Crippen molar-refractivity contribution >= 4 is 40.3 Å². The molecule has 0 N–H and O–H groups in total. The summed E-state index contributed by atoms with van der Waals surface area (Å²) in [5.74, 6) is -0.879. The Bertz CT molecular complexity index is 1240. The molecule has 1 aromatic heterocycles. The summed E-state index contributed by atoms with van der Waals surface area (Å²) in [5.41, 5.74) is -4.35. The van der Waals surface area contributed by atoms with Crippen LogP contribution in [0.1, 0.15) is 18.4 Å². The second kappa shape index (κ2) is 7.19. The highest BCUT2D eigenvalue weighted by molar-refractivity contribution is 8.00. The smallest absolute Gasteiger partial charge is 0.305 e. The average molecular weight is 461 g/mol. The summed E-state index contributed by atoms with van der Waals surface area (Å²) < 4.78 is 51.9. The van der Waals surface area contributed by atoms with E-state index in [1.165, 1.54) is 41.4 Å². The summed E-state index contributed by atoms with van der Waals surface area (Å²) in [6, 6.07) is 10.8. The Morgan fingerprint density at radius 2 is 1.75 bits per heavy atom. The van der Waals surface area contributed by atoms with E-state index in [0.717, 1.165) is 4.90 Å². The normalized spacial score (nSPS) is 17.6. The van der Waals surface area contributed by atoms with Crippen LogP contribution in [0.4, 0.5) is 28.0 Å². The van der Waals surface area contributed by atoms with Crippen molar-refractivity contribution in [2.75, 3.05) is 4.90 Å². The number of hydrogen-bond acceptors (Lipinski definition) is 4. The standard InChI is InChI=1S/C22H15F4N3O2S/c23-17-3-1-2-16-13(8-11-27-18(16)17)12-28-20(31)29(19(30)21(28)9-10-21)14-4-6-15(7-5-14)32-22(24,25)26/h1-8,11H,9-10,12H2. The van der Waals surface area contributed by atoms with E-state index >= 15 is 0 Å². The third-order valence-corrected chi connectivity index (χ3v) is 6.47. The largest absolute Gasteiger partial charge is 0.446 e. The van der Waals surface area contributed by atoms with Crippen LogP contribution in [0.2, 0.25) is 0 Å². The van der Waals surface area contributed by atoms with Crippen LogP contribution in [0.15, 0.2) is 59.6 Å². The summed E-state index contributed by atoms with van der Waals surface area (Å²) in [7, 11) is 0. The van der Waals surface area contributed by atoms with Crippen LogP contribution in [0.25, 0.3) is 10.9 Å². The van der Waals surface area contributed by atoms with Gasteiger partial charge in [-0.3, -0.25) is 9.78 Å². The monoisotopic (exact) mass is 461 g/mol. The molecule has 2 aliphatic rings. The molecular formula is C22H15F4N3O2S. The first-order valence-electron chi connectivity index (χ1n) is 9.74. The molecule has 1 saturated carbocycles. The number of alkyl halides is 3. The Morgan fingerprint density at radius 3 is 2.41 bits per heavy atom. The quantitative estimate of drug-likeness (QED) is 0.293. The highest BCUT2D eigenvalue weighted by Gasteiger charge is 2.65. The fourth-order valence-corrected chi connectivity index (χ4v) is 4.60. The molecule has 1 aliphatic heterocycles. The van der Waals surface area contributed by atoms with Crippen molar-refractivity contribution in [1.29, 1.82) is 0 Å². The lowest BCUT2D eigenvalue weighted by Gasteiger charge is -2.22. The van der Waals surface area contributed by atoms with Gasteiger partial charge in [0.2, 0.25) is 0 Å². The summed E-state index contributed by atoms with van der Waals surface area (Å²) in [6.07, 6.45) is 2.44. The molecule has 0 bridgehead atoms. The first-order chi connectivity index (χ1) is 15.2. The number of rotatable bonds is 4. The number of hydrogen-bond donors (Lipinski definition) is 0.